The maximum absolute atomic E-state index is 14.4. The highest BCUT2D eigenvalue weighted by molar-refractivity contribution is 7.99. The minimum atomic E-state index is -1.32. The largest absolute Gasteiger partial charge is 0.477 e. The molecule has 0 spiro atoms. The van der Waals surface area contributed by atoms with Crippen molar-refractivity contribution in [3.8, 4) is 0 Å². The number of thioether (sulfide) groups is 1. The highest BCUT2D eigenvalue weighted by Crippen LogP contribution is 2.41. The first-order valence-corrected chi connectivity index (χ1v) is 8.95. The molecule has 2 aromatic rings. The first-order valence-electron chi connectivity index (χ1n) is 7.58. The molecule has 0 unspecified atom stereocenters. The average Bonchev–Trinajstić information content (AvgIpc) is 3.36. The van der Waals surface area contributed by atoms with Crippen LogP contribution in [0.15, 0.2) is 22.0 Å². The summed E-state index contributed by atoms with van der Waals surface area (Å²) in [4.78, 5) is 24.0. The summed E-state index contributed by atoms with van der Waals surface area (Å²) >= 11 is 7.66. The smallest absolute Gasteiger partial charge is 0.341 e. The number of carbonyl (C=O) groups is 1. The number of carboxylic acids is 1. The van der Waals surface area contributed by atoms with Crippen molar-refractivity contribution in [1.29, 1.82) is 0 Å². The summed E-state index contributed by atoms with van der Waals surface area (Å²) in [5.41, 5.74) is 4.78. The van der Waals surface area contributed by atoms with E-state index in [2.05, 4.69) is 0 Å². The Morgan fingerprint density at radius 2 is 2.16 bits per heavy atom. The first kappa shape index (κ1) is 20.0. The van der Waals surface area contributed by atoms with Gasteiger partial charge in [-0.2, -0.15) is 0 Å². The van der Waals surface area contributed by atoms with Gasteiger partial charge in [-0.3, -0.25) is 4.79 Å². The molecule has 1 aliphatic rings. The molecule has 3 rings (SSSR count). The SMILES string of the molecule is Cl.NCCCSc1c(F)cc2c(=O)c(C(=O)O)cn(C3CC3)c2c1Cl. The Balaban J connectivity index is 0.00000225. The molecule has 5 nitrogen and oxygen atoms in total. The van der Waals surface area contributed by atoms with Crippen LogP contribution >= 0.6 is 35.8 Å². The topological polar surface area (TPSA) is 85.3 Å². The fraction of sp³-hybridized carbons (Fsp3) is 0.375. The molecule has 1 aromatic heterocycles. The standard InChI is InChI=1S/C16H16ClFN2O3S.ClH/c17-12-13-9(6-11(18)15(12)24-5-1-4-19)14(21)10(16(22)23)7-20(13)8-2-3-8;/h6-8H,1-5,19H2,(H,22,23);1H. The Morgan fingerprint density at radius 1 is 1.48 bits per heavy atom. The molecule has 1 saturated carbocycles. The minimum Gasteiger partial charge on any atom is -0.477 e. The van der Waals surface area contributed by atoms with Gasteiger partial charge < -0.3 is 15.4 Å². The lowest BCUT2D eigenvalue weighted by atomic mass is 10.1. The number of aromatic carboxylic acids is 1. The van der Waals surface area contributed by atoms with Gasteiger partial charge in [0.15, 0.2) is 0 Å². The Kier molecular flexibility index (Phi) is 6.37. The number of rotatable bonds is 6. The summed E-state index contributed by atoms with van der Waals surface area (Å²) in [5.74, 6) is -1.33. The highest BCUT2D eigenvalue weighted by Gasteiger charge is 2.29. The molecule has 1 heterocycles. The fourth-order valence-corrected chi connectivity index (χ4v) is 4.00. The van der Waals surface area contributed by atoms with Crippen molar-refractivity contribution in [2.45, 2.75) is 30.2 Å². The number of fused-ring (bicyclic) bond motifs is 1. The van der Waals surface area contributed by atoms with Crippen molar-refractivity contribution in [1.82, 2.24) is 4.57 Å². The van der Waals surface area contributed by atoms with Crippen LogP contribution in [0.2, 0.25) is 5.02 Å². The van der Waals surface area contributed by atoms with Gasteiger partial charge in [-0.15, -0.1) is 24.2 Å². The molecule has 0 atom stereocenters. The van der Waals surface area contributed by atoms with E-state index in [0.717, 1.165) is 18.9 Å². The van der Waals surface area contributed by atoms with Crippen molar-refractivity contribution < 1.29 is 14.3 Å². The van der Waals surface area contributed by atoms with E-state index >= 15 is 0 Å². The number of hydrogen-bond donors (Lipinski definition) is 2. The molecule has 0 saturated heterocycles. The van der Waals surface area contributed by atoms with E-state index < -0.39 is 17.2 Å². The zero-order valence-corrected chi connectivity index (χ0v) is 15.5. The first-order chi connectivity index (χ1) is 11.5. The van der Waals surface area contributed by atoms with Gasteiger partial charge in [0, 0.05) is 12.2 Å². The minimum absolute atomic E-state index is 0. The second-order valence-electron chi connectivity index (χ2n) is 5.70. The maximum atomic E-state index is 14.4. The van der Waals surface area contributed by atoms with E-state index in [1.165, 1.54) is 18.0 Å². The normalized spacial score (nSPS) is 13.7. The molecular weight excluding hydrogens is 390 g/mol. The Hall–Kier alpha value is -1.28. The summed E-state index contributed by atoms with van der Waals surface area (Å²) in [6.45, 7) is 0.495. The lowest BCUT2D eigenvalue weighted by Gasteiger charge is -2.15. The molecule has 25 heavy (non-hydrogen) atoms. The molecule has 1 aromatic carbocycles. The van der Waals surface area contributed by atoms with Gasteiger partial charge >= 0.3 is 5.97 Å². The molecule has 1 fully saturated rings. The predicted molar refractivity (Wildman–Crippen MR) is 100 cm³/mol. The second kappa shape index (κ2) is 7.95. The summed E-state index contributed by atoms with van der Waals surface area (Å²) in [5, 5.41) is 9.40. The number of pyridine rings is 1. The zero-order chi connectivity index (χ0) is 17.4. The summed E-state index contributed by atoms with van der Waals surface area (Å²) in [6.07, 6.45) is 3.79. The van der Waals surface area contributed by atoms with Crippen LogP contribution in [-0.4, -0.2) is 27.9 Å². The highest BCUT2D eigenvalue weighted by atomic mass is 35.5. The van der Waals surface area contributed by atoms with Crippen molar-refractivity contribution in [3.63, 3.8) is 0 Å². The number of benzene rings is 1. The third kappa shape index (κ3) is 3.79. The third-order valence-corrected chi connectivity index (χ3v) is 5.59. The summed E-state index contributed by atoms with van der Waals surface area (Å²) in [7, 11) is 0. The van der Waals surface area contributed by atoms with Crippen LogP contribution in [0, 0.1) is 5.82 Å². The molecular formula is C16H17Cl2FN2O3S. The molecule has 0 bridgehead atoms. The lowest BCUT2D eigenvalue weighted by Crippen LogP contribution is -2.19. The van der Waals surface area contributed by atoms with E-state index in [1.54, 1.807) is 4.57 Å². The Morgan fingerprint density at radius 3 is 2.72 bits per heavy atom. The Labute approximate surface area is 158 Å². The van der Waals surface area contributed by atoms with Crippen molar-refractivity contribution in [3.05, 3.63) is 38.9 Å². The fourth-order valence-electron chi connectivity index (χ4n) is 2.61. The van der Waals surface area contributed by atoms with E-state index in [-0.39, 0.29) is 39.3 Å². The zero-order valence-electron chi connectivity index (χ0n) is 13.1. The summed E-state index contributed by atoms with van der Waals surface area (Å²) < 4.78 is 16.1. The van der Waals surface area contributed by atoms with Crippen LogP contribution < -0.4 is 11.2 Å². The number of nitrogens with two attached hydrogens (primary N) is 1. The van der Waals surface area contributed by atoms with Crippen LogP contribution in [-0.2, 0) is 0 Å². The number of nitrogens with zero attached hydrogens (tertiary/aromatic N) is 1. The molecule has 0 amide bonds. The van der Waals surface area contributed by atoms with Gasteiger partial charge in [0.2, 0.25) is 5.43 Å². The molecule has 0 radical (unpaired) electrons. The maximum Gasteiger partial charge on any atom is 0.341 e. The van der Waals surface area contributed by atoms with Gasteiger partial charge in [0.05, 0.1) is 20.8 Å². The molecule has 1 aliphatic carbocycles. The van der Waals surface area contributed by atoms with Gasteiger partial charge in [-0.1, -0.05) is 11.6 Å². The van der Waals surface area contributed by atoms with Crippen LogP contribution in [0.25, 0.3) is 10.9 Å². The second-order valence-corrected chi connectivity index (χ2v) is 7.19. The Bertz CT molecular complexity index is 884. The van der Waals surface area contributed by atoms with Crippen LogP contribution in [0.3, 0.4) is 0 Å². The molecule has 9 heteroatoms. The quantitative estimate of drug-likeness (QED) is 0.564. The van der Waals surface area contributed by atoms with Gasteiger partial charge in [-0.05, 0) is 37.6 Å². The van der Waals surface area contributed by atoms with Gasteiger partial charge in [0.1, 0.15) is 11.4 Å². The predicted octanol–water partition coefficient (Wildman–Crippen LogP) is 3.69. The average molecular weight is 407 g/mol. The van der Waals surface area contributed by atoms with Crippen molar-refractivity contribution in [2.75, 3.05) is 12.3 Å². The van der Waals surface area contributed by atoms with E-state index in [1.807, 2.05) is 0 Å². The third-order valence-electron chi connectivity index (χ3n) is 3.93. The lowest BCUT2D eigenvalue weighted by molar-refractivity contribution is 0.0695. The molecule has 3 N–H and O–H groups in total. The van der Waals surface area contributed by atoms with Crippen LogP contribution in [0.4, 0.5) is 4.39 Å². The summed E-state index contributed by atoms with van der Waals surface area (Å²) in [6, 6.07) is 1.19. The molecule has 136 valence electrons. The van der Waals surface area contributed by atoms with E-state index in [4.69, 9.17) is 17.3 Å². The monoisotopic (exact) mass is 406 g/mol. The number of aromatic nitrogens is 1. The van der Waals surface area contributed by atoms with Crippen molar-refractivity contribution in [2.24, 2.45) is 5.73 Å². The van der Waals surface area contributed by atoms with Crippen LogP contribution in [0.5, 0.6) is 0 Å². The van der Waals surface area contributed by atoms with Gasteiger partial charge in [0.25, 0.3) is 0 Å². The number of hydrogen-bond acceptors (Lipinski definition) is 4. The van der Waals surface area contributed by atoms with Crippen LogP contribution in [0.1, 0.15) is 35.7 Å². The number of carboxylic acid groups (broad SMARTS) is 1. The number of halogens is 3. The molecule has 0 aliphatic heterocycles. The van der Waals surface area contributed by atoms with Gasteiger partial charge in [-0.25, -0.2) is 9.18 Å². The van der Waals surface area contributed by atoms with E-state index in [0.29, 0.717) is 24.2 Å². The van der Waals surface area contributed by atoms with E-state index in [9.17, 15) is 19.1 Å². The van der Waals surface area contributed by atoms with Crippen molar-refractivity contribution >= 4 is 52.6 Å².